The number of carbonyl (C=O) groups is 2. The number of carbonyl (C=O) groups excluding carboxylic acids is 2. The molecule has 0 saturated heterocycles. The van der Waals surface area contributed by atoms with E-state index in [1.54, 1.807) is 12.1 Å². The Hall–Kier alpha value is -3.42. The van der Waals surface area contributed by atoms with Crippen LogP contribution in [0.2, 0.25) is 0 Å². The molecule has 3 aromatic rings. The van der Waals surface area contributed by atoms with Crippen LogP contribution in [0.1, 0.15) is 32.1 Å². The predicted molar refractivity (Wildman–Crippen MR) is 87.9 cm³/mol. The molecule has 1 amide bonds. The molecule has 0 spiro atoms. The van der Waals surface area contributed by atoms with Crippen molar-refractivity contribution in [3.63, 3.8) is 0 Å². The van der Waals surface area contributed by atoms with E-state index in [4.69, 9.17) is 0 Å². The minimum Gasteiger partial charge on any atom is -0.342 e. The van der Waals surface area contributed by atoms with Crippen molar-refractivity contribution in [2.45, 2.75) is 6.18 Å². The number of amides is 1. The molecule has 0 unspecified atom stereocenters. The standard InChI is InChI=1S/C18H12F3N3O2/c19-18(20,21)11-4-3-5-12(10-11)24-17(26)14-7-2-1-6-13(14)15(25)16-22-8-9-23-16/h1-10H,(H,22,23)(H,24,26). The second kappa shape index (κ2) is 6.83. The van der Waals surface area contributed by atoms with E-state index in [-0.39, 0.29) is 22.6 Å². The van der Waals surface area contributed by atoms with Crippen molar-refractivity contribution in [1.82, 2.24) is 9.97 Å². The van der Waals surface area contributed by atoms with Crippen LogP contribution in [0.3, 0.4) is 0 Å². The second-order valence-electron chi connectivity index (χ2n) is 5.35. The number of nitrogens with zero attached hydrogens (tertiary/aromatic N) is 1. The monoisotopic (exact) mass is 359 g/mol. The van der Waals surface area contributed by atoms with Crippen LogP contribution in [0.25, 0.3) is 0 Å². The van der Waals surface area contributed by atoms with Gasteiger partial charge in [-0.25, -0.2) is 4.98 Å². The fourth-order valence-corrected chi connectivity index (χ4v) is 2.37. The first-order chi connectivity index (χ1) is 12.4. The number of aromatic nitrogens is 2. The molecular formula is C18H12F3N3O2. The molecule has 0 atom stereocenters. The highest BCUT2D eigenvalue weighted by Crippen LogP contribution is 2.30. The number of aromatic amines is 1. The Kier molecular flexibility index (Phi) is 4.57. The Morgan fingerprint density at radius 3 is 2.38 bits per heavy atom. The largest absolute Gasteiger partial charge is 0.416 e. The van der Waals surface area contributed by atoms with Crippen LogP contribution in [0.5, 0.6) is 0 Å². The van der Waals surface area contributed by atoms with E-state index in [1.807, 2.05) is 0 Å². The van der Waals surface area contributed by atoms with Crippen LogP contribution in [0.4, 0.5) is 18.9 Å². The first-order valence-electron chi connectivity index (χ1n) is 7.48. The fraction of sp³-hybridized carbons (Fsp3) is 0.0556. The minimum atomic E-state index is -4.52. The number of nitrogens with one attached hydrogen (secondary N) is 2. The summed E-state index contributed by atoms with van der Waals surface area (Å²) in [6.07, 6.45) is -1.65. The maximum absolute atomic E-state index is 12.8. The summed E-state index contributed by atoms with van der Waals surface area (Å²) in [4.78, 5) is 31.5. The van der Waals surface area contributed by atoms with Crippen LogP contribution in [0.15, 0.2) is 60.9 Å². The number of halogens is 3. The summed E-state index contributed by atoms with van der Waals surface area (Å²) in [5.74, 6) is -1.13. The van der Waals surface area contributed by atoms with Gasteiger partial charge in [0.1, 0.15) is 0 Å². The molecule has 0 fully saturated rings. The molecule has 2 aromatic carbocycles. The summed E-state index contributed by atoms with van der Waals surface area (Å²) in [7, 11) is 0. The number of anilines is 1. The molecule has 3 rings (SSSR count). The normalized spacial score (nSPS) is 11.2. The van der Waals surface area contributed by atoms with Gasteiger partial charge in [0.2, 0.25) is 5.78 Å². The number of rotatable bonds is 4. The van der Waals surface area contributed by atoms with Crippen LogP contribution in [0, 0.1) is 0 Å². The molecule has 0 bridgehead atoms. The van der Waals surface area contributed by atoms with Gasteiger partial charge in [0.25, 0.3) is 5.91 Å². The van der Waals surface area contributed by atoms with Gasteiger partial charge in [0.15, 0.2) is 5.82 Å². The smallest absolute Gasteiger partial charge is 0.342 e. The number of H-pyrrole nitrogens is 1. The lowest BCUT2D eigenvalue weighted by Gasteiger charge is -2.11. The van der Waals surface area contributed by atoms with Gasteiger partial charge < -0.3 is 10.3 Å². The molecule has 2 N–H and O–H groups in total. The van der Waals surface area contributed by atoms with Crippen molar-refractivity contribution in [2.24, 2.45) is 0 Å². The van der Waals surface area contributed by atoms with Crippen molar-refractivity contribution < 1.29 is 22.8 Å². The molecular weight excluding hydrogens is 347 g/mol. The molecule has 0 saturated carbocycles. The number of hydrogen-bond acceptors (Lipinski definition) is 3. The zero-order chi connectivity index (χ0) is 18.7. The molecule has 0 aliphatic carbocycles. The van der Waals surface area contributed by atoms with Gasteiger partial charge in [-0.3, -0.25) is 9.59 Å². The minimum absolute atomic E-state index is 0.0231. The summed E-state index contributed by atoms with van der Waals surface area (Å²) in [6, 6.07) is 10.3. The number of ketones is 1. The summed E-state index contributed by atoms with van der Waals surface area (Å²) < 4.78 is 38.4. The average molecular weight is 359 g/mol. The third kappa shape index (κ3) is 3.64. The molecule has 1 heterocycles. The van der Waals surface area contributed by atoms with Crippen molar-refractivity contribution in [3.05, 3.63) is 83.4 Å². The van der Waals surface area contributed by atoms with Gasteiger partial charge in [-0.05, 0) is 24.3 Å². The lowest BCUT2D eigenvalue weighted by molar-refractivity contribution is -0.137. The lowest BCUT2D eigenvalue weighted by atomic mass is 10.0. The number of alkyl halides is 3. The van der Waals surface area contributed by atoms with Crippen molar-refractivity contribution in [2.75, 3.05) is 5.32 Å². The Morgan fingerprint density at radius 2 is 1.73 bits per heavy atom. The summed E-state index contributed by atoms with van der Waals surface area (Å²) in [5.41, 5.74) is -0.779. The third-order valence-electron chi connectivity index (χ3n) is 3.58. The zero-order valence-corrected chi connectivity index (χ0v) is 13.2. The van der Waals surface area contributed by atoms with Crippen molar-refractivity contribution >= 4 is 17.4 Å². The lowest BCUT2D eigenvalue weighted by Crippen LogP contribution is -2.18. The third-order valence-corrected chi connectivity index (χ3v) is 3.58. The summed E-state index contributed by atoms with van der Waals surface area (Å²) in [5, 5.41) is 2.39. The Labute approximate surface area is 145 Å². The topological polar surface area (TPSA) is 74.8 Å². The number of hydrogen-bond donors (Lipinski definition) is 2. The van der Waals surface area contributed by atoms with E-state index >= 15 is 0 Å². The summed E-state index contributed by atoms with van der Waals surface area (Å²) >= 11 is 0. The number of imidazole rings is 1. The first kappa shape index (κ1) is 17.4. The van der Waals surface area contributed by atoms with E-state index < -0.39 is 23.4 Å². The van der Waals surface area contributed by atoms with Crippen molar-refractivity contribution in [3.8, 4) is 0 Å². The quantitative estimate of drug-likeness (QED) is 0.694. The highest BCUT2D eigenvalue weighted by molar-refractivity contribution is 6.16. The molecule has 0 aliphatic heterocycles. The van der Waals surface area contributed by atoms with Gasteiger partial charge in [0, 0.05) is 23.6 Å². The molecule has 26 heavy (non-hydrogen) atoms. The maximum atomic E-state index is 12.8. The second-order valence-corrected chi connectivity index (χ2v) is 5.35. The van der Waals surface area contributed by atoms with Crippen LogP contribution >= 0.6 is 0 Å². The Bertz CT molecular complexity index is 950. The Morgan fingerprint density at radius 1 is 1.00 bits per heavy atom. The van der Waals surface area contributed by atoms with E-state index in [0.717, 1.165) is 12.1 Å². The van der Waals surface area contributed by atoms with Gasteiger partial charge in [0.05, 0.1) is 11.1 Å². The summed E-state index contributed by atoms with van der Waals surface area (Å²) in [6.45, 7) is 0. The van der Waals surface area contributed by atoms with Gasteiger partial charge >= 0.3 is 6.18 Å². The fourth-order valence-electron chi connectivity index (χ4n) is 2.37. The van der Waals surface area contributed by atoms with E-state index in [1.165, 1.54) is 36.7 Å². The molecule has 132 valence electrons. The molecule has 1 aromatic heterocycles. The van der Waals surface area contributed by atoms with Crippen molar-refractivity contribution in [1.29, 1.82) is 0 Å². The van der Waals surface area contributed by atoms with E-state index in [0.29, 0.717) is 0 Å². The maximum Gasteiger partial charge on any atom is 0.416 e. The molecule has 8 heteroatoms. The van der Waals surface area contributed by atoms with Crippen LogP contribution in [-0.2, 0) is 6.18 Å². The average Bonchev–Trinajstić information content (AvgIpc) is 3.15. The van der Waals surface area contributed by atoms with Crippen LogP contribution in [-0.4, -0.2) is 21.7 Å². The van der Waals surface area contributed by atoms with E-state index in [9.17, 15) is 22.8 Å². The van der Waals surface area contributed by atoms with E-state index in [2.05, 4.69) is 15.3 Å². The molecule has 0 radical (unpaired) electrons. The van der Waals surface area contributed by atoms with Crippen LogP contribution < -0.4 is 5.32 Å². The highest BCUT2D eigenvalue weighted by Gasteiger charge is 2.30. The predicted octanol–water partition coefficient (Wildman–Crippen LogP) is 3.91. The molecule has 5 nitrogen and oxygen atoms in total. The van der Waals surface area contributed by atoms with Gasteiger partial charge in [-0.1, -0.05) is 24.3 Å². The number of benzene rings is 2. The molecule has 0 aliphatic rings. The van der Waals surface area contributed by atoms with Gasteiger partial charge in [-0.2, -0.15) is 13.2 Å². The highest BCUT2D eigenvalue weighted by atomic mass is 19.4. The zero-order valence-electron chi connectivity index (χ0n) is 13.2. The first-order valence-corrected chi connectivity index (χ1v) is 7.48. The van der Waals surface area contributed by atoms with Gasteiger partial charge in [-0.15, -0.1) is 0 Å². The Balaban J connectivity index is 1.89. The SMILES string of the molecule is O=C(Nc1cccc(C(F)(F)F)c1)c1ccccc1C(=O)c1ncc[nH]1.